The molecule has 0 aliphatic rings. The van der Waals surface area contributed by atoms with Gasteiger partial charge in [-0.15, -0.1) is 0 Å². The molecule has 2 rings (SSSR count). The van der Waals surface area contributed by atoms with Crippen LogP contribution in [0.4, 0.5) is 11.4 Å². The van der Waals surface area contributed by atoms with Gasteiger partial charge in [0.05, 0.1) is 9.85 Å². The van der Waals surface area contributed by atoms with Gasteiger partial charge in [0.15, 0.2) is 0 Å². The quantitative estimate of drug-likeness (QED) is 0.307. The summed E-state index contributed by atoms with van der Waals surface area (Å²) in [6.07, 6.45) is 6.03. The van der Waals surface area contributed by atoms with Crippen LogP contribution in [0.25, 0.3) is 0 Å². The lowest BCUT2D eigenvalue weighted by Crippen LogP contribution is -1.95. The third-order valence-electron chi connectivity index (χ3n) is 3.76. The summed E-state index contributed by atoms with van der Waals surface area (Å²) >= 11 is 6.67. The molecule has 6 nitrogen and oxygen atoms in total. The number of hydrogen-bond acceptors (Lipinski definition) is 6. The second-order valence-electron chi connectivity index (χ2n) is 5.86. The van der Waals surface area contributed by atoms with Crippen molar-refractivity contribution in [3.05, 3.63) is 77.8 Å². The Morgan fingerprint density at radius 2 is 1.36 bits per heavy atom. The van der Waals surface area contributed by atoms with E-state index in [1.54, 1.807) is 47.8 Å². The molecule has 0 aliphatic heterocycles. The number of thioether (sulfide) groups is 2. The monoisotopic (exact) mass is 486 g/mol. The Morgan fingerprint density at radius 3 is 1.86 bits per heavy atom. The van der Waals surface area contributed by atoms with Crippen LogP contribution in [0.3, 0.4) is 0 Å². The zero-order chi connectivity index (χ0) is 21.1. The van der Waals surface area contributed by atoms with Crippen molar-refractivity contribution in [2.75, 3.05) is 12.5 Å². The van der Waals surface area contributed by atoms with Crippen LogP contribution in [0.5, 0.6) is 0 Å². The standard InChI is InChI=1S/C11H15NO2S.C8H8BrNO2S/c1-3-4-9-5-6-11(12(13)14)7-10(9)8-15-2;1-13-5-6-4-7(10(11)12)2-3-8(6)9/h5-7H,3-4,8H2,1-2H3;2-4H,5H2,1H3. The maximum absolute atomic E-state index is 10.6. The Bertz CT molecular complexity index is 819. The Kier molecular flexibility index (Phi) is 11.2. The van der Waals surface area contributed by atoms with Crippen molar-refractivity contribution >= 4 is 50.8 Å². The van der Waals surface area contributed by atoms with Crippen LogP contribution in [0, 0.1) is 20.2 Å². The average Bonchev–Trinajstić information content (AvgIpc) is 2.65. The summed E-state index contributed by atoms with van der Waals surface area (Å²) in [7, 11) is 0. The molecule has 0 aromatic heterocycles. The van der Waals surface area contributed by atoms with Crippen molar-refractivity contribution in [1.29, 1.82) is 0 Å². The predicted molar refractivity (Wildman–Crippen MR) is 122 cm³/mol. The first-order chi connectivity index (χ1) is 13.3. The van der Waals surface area contributed by atoms with E-state index in [9.17, 15) is 20.2 Å². The van der Waals surface area contributed by atoms with Crippen molar-refractivity contribution in [1.82, 2.24) is 0 Å². The summed E-state index contributed by atoms with van der Waals surface area (Å²) < 4.78 is 0.924. The highest BCUT2D eigenvalue weighted by molar-refractivity contribution is 9.10. The molecule has 0 bridgehead atoms. The number of aryl methyl sites for hydroxylation is 1. The number of rotatable bonds is 8. The molecule has 0 unspecified atom stereocenters. The highest BCUT2D eigenvalue weighted by Crippen LogP contribution is 2.25. The molecule has 0 N–H and O–H groups in total. The smallest absolute Gasteiger partial charge is 0.258 e. The minimum atomic E-state index is -0.379. The highest BCUT2D eigenvalue weighted by Gasteiger charge is 2.10. The topological polar surface area (TPSA) is 86.3 Å². The van der Waals surface area contributed by atoms with Crippen LogP contribution in [0.2, 0.25) is 0 Å². The first-order valence-electron chi connectivity index (χ1n) is 8.50. The second kappa shape index (κ2) is 12.8. The Labute approximate surface area is 181 Å². The van der Waals surface area contributed by atoms with Crippen molar-refractivity contribution in [2.24, 2.45) is 0 Å². The fourth-order valence-corrected chi connectivity index (χ4v) is 4.17. The van der Waals surface area contributed by atoms with Gasteiger partial charge in [-0.1, -0.05) is 35.3 Å². The Hall–Kier alpha value is -1.58. The molecule has 2 aromatic rings. The lowest BCUT2D eigenvalue weighted by atomic mass is 10.0. The van der Waals surface area contributed by atoms with Gasteiger partial charge in [-0.25, -0.2) is 0 Å². The molecule has 0 heterocycles. The number of halogens is 1. The minimum absolute atomic E-state index is 0.146. The zero-order valence-electron chi connectivity index (χ0n) is 16.0. The lowest BCUT2D eigenvalue weighted by molar-refractivity contribution is -0.385. The summed E-state index contributed by atoms with van der Waals surface area (Å²) in [5.74, 6) is 1.62. The van der Waals surface area contributed by atoms with Crippen molar-refractivity contribution in [3.8, 4) is 0 Å². The molecule has 0 spiro atoms. The molecule has 9 heteroatoms. The van der Waals surface area contributed by atoms with Gasteiger partial charge in [0.1, 0.15) is 0 Å². The van der Waals surface area contributed by atoms with Crippen molar-refractivity contribution < 1.29 is 9.85 Å². The number of hydrogen-bond donors (Lipinski definition) is 0. The summed E-state index contributed by atoms with van der Waals surface area (Å²) in [5.41, 5.74) is 3.63. The summed E-state index contributed by atoms with van der Waals surface area (Å²) in [5, 5.41) is 21.1. The minimum Gasteiger partial charge on any atom is -0.258 e. The molecular formula is C19H23BrN2O4S2. The zero-order valence-corrected chi connectivity index (χ0v) is 19.2. The van der Waals surface area contributed by atoms with Crippen LogP contribution in [-0.4, -0.2) is 22.4 Å². The molecule has 0 fully saturated rings. The third-order valence-corrected chi connectivity index (χ3v) is 5.73. The molecule has 2 aromatic carbocycles. The third kappa shape index (κ3) is 7.81. The van der Waals surface area contributed by atoms with E-state index in [4.69, 9.17) is 0 Å². The molecule has 152 valence electrons. The van der Waals surface area contributed by atoms with Crippen LogP contribution in [0.1, 0.15) is 30.0 Å². The van der Waals surface area contributed by atoms with Crippen LogP contribution < -0.4 is 0 Å². The van der Waals surface area contributed by atoms with Gasteiger partial charge < -0.3 is 0 Å². The molecule has 28 heavy (non-hydrogen) atoms. The maximum atomic E-state index is 10.6. The predicted octanol–water partition coefficient (Wildman–Crippen LogP) is 6.63. The van der Waals surface area contributed by atoms with Crippen LogP contribution >= 0.6 is 39.5 Å². The van der Waals surface area contributed by atoms with Gasteiger partial charge in [-0.2, -0.15) is 23.5 Å². The van der Waals surface area contributed by atoms with E-state index < -0.39 is 0 Å². The van der Waals surface area contributed by atoms with Crippen molar-refractivity contribution in [2.45, 2.75) is 31.3 Å². The first-order valence-corrected chi connectivity index (χ1v) is 12.1. The van der Waals surface area contributed by atoms with E-state index in [0.717, 1.165) is 39.9 Å². The molecule has 0 aliphatic carbocycles. The van der Waals surface area contributed by atoms with Crippen molar-refractivity contribution in [3.63, 3.8) is 0 Å². The SMILES string of the molecule is CCCc1ccc([N+](=O)[O-])cc1CSC.CSCc1cc([N+](=O)[O-])ccc1Br. The van der Waals surface area contributed by atoms with E-state index in [-0.39, 0.29) is 21.2 Å². The molecule has 0 amide bonds. The number of non-ortho nitro benzene ring substituents is 2. The summed E-state index contributed by atoms with van der Waals surface area (Å²) in [4.78, 5) is 20.4. The summed E-state index contributed by atoms with van der Waals surface area (Å²) in [6, 6.07) is 9.97. The largest absolute Gasteiger partial charge is 0.269 e. The lowest BCUT2D eigenvalue weighted by Gasteiger charge is -2.06. The highest BCUT2D eigenvalue weighted by atomic mass is 79.9. The number of nitrogens with zero attached hydrogens (tertiary/aromatic N) is 2. The number of nitro benzene ring substituents is 2. The van der Waals surface area contributed by atoms with Crippen LogP contribution in [-0.2, 0) is 17.9 Å². The first kappa shape index (κ1) is 24.5. The normalized spacial score (nSPS) is 10.1. The molecule has 0 saturated carbocycles. The molecular weight excluding hydrogens is 464 g/mol. The van der Waals surface area contributed by atoms with Gasteiger partial charge in [0.25, 0.3) is 11.4 Å². The van der Waals surface area contributed by atoms with Gasteiger partial charge in [-0.3, -0.25) is 20.2 Å². The van der Waals surface area contributed by atoms with E-state index in [2.05, 4.69) is 22.9 Å². The summed E-state index contributed by atoms with van der Waals surface area (Å²) in [6.45, 7) is 2.12. The van der Waals surface area contributed by atoms with Crippen LogP contribution in [0.15, 0.2) is 40.9 Å². The van der Waals surface area contributed by atoms with E-state index in [1.165, 1.54) is 11.6 Å². The number of nitro groups is 2. The molecule has 0 atom stereocenters. The van der Waals surface area contributed by atoms with E-state index in [0.29, 0.717) is 0 Å². The number of benzene rings is 2. The Balaban J connectivity index is 0.000000283. The Morgan fingerprint density at radius 1 is 0.857 bits per heavy atom. The molecule has 0 radical (unpaired) electrons. The van der Waals surface area contributed by atoms with Gasteiger partial charge in [0, 0.05) is 40.2 Å². The average molecular weight is 487 g/mol. The van der Waals surface area contributed by atoms with E-state index >= 15 is 0 Å². The van der Waals surface area contributed by atoms with E-state index in [1.807, 2.05) is 18.6 Å². The van der Waals surface area contributed by atoms with Gasteiger partial charge in [-0.05, 0) is 41.7 Å². The second-order valence-corrected chi connectivity index (χ2v) is 8.45. The fourth-order valence-electron chi connectivity index (χ4n) is 2.47. The van der Waals surface area contributed by atoms with Gasteiger partial charge in [0.2, 0.25) is 0 Å². The fraction of sp³-hybridized carbons (Fsp3) is 0.368. The maximum Gasteiger partial charge on any atom is 0.269 e. The molecule has 0 saturated heterocycles. The van der Waals surface area contributed by atoms with Gasteiger partial charge >= 0.3 is 0 Å².